The van der Waals surface area contributed by atoms with Gasteiger partial charge in [0.15, 0.2) is 0 Å². The Morgan fingerprint density at radius 1 is 1.26 bits per heavy atom. The molecule has 19 heavy (non-hydrogen) atoms. The molecule has 0 saturated carbocycles. The Hall–Kier alpha value is -1.21. The zero-order valence-corrected chi connectivity index (χ0v) is 11.6. The third-order valence-electron chi connectivity index (χ3n) is 3.44. The number of anilines is 1. The Morgan fingerprint density at radius 3 is 2.42 bits per heavy atom. The lowest BCUT2D eigenvalue weighted by atomic mass is 10.0. The number of nitrogen functional groups attached to an aromatic ring is 1. The van der Waals surface area contributed by atoms with E-state index in [1.807, 2.05) is 0 Å². The molecule has 1 heterocycles. The molecule has 1 aliphatic heterocycles. The monoisotopic (exact) mass is 290 g/mol. The summed E-state index contributed by atoms with van der Waals surface area (Å²) in [6.45, 7) is 3.89. The maximum Gasteiger partial charge on any atom is 0.246 e. The second-order valence-electron chi connectivity index (χ2n) is 5.30. The van der Waals surface area contributed by atoms with Gasteiger partial charge in [0.05, 0.1) is 5.69 Å². The molecular weight excluding hydrogens is 274 g/mol. The zero-order chi connectivity index (χ0) is 14.4. The number of sulfonamides is 1. The molecule has 1 aromatic rings. The molecule has 0 radical (unpaired) electrons. The van der Waals surface area contributed by atoms with Crippen LogP contribution in [0.15, 0.2) is 17.0 Å². The van der Waals surface area contributed by atoms with Gasteiger partial charge in [0.2, 0.25) is 10.0 Å². The van der Waals surface area contributed by atoms with Crippen LogP contribution in [0.2, 0.25) is 0 Å². The highest BCUT2D eigenvalue weighted by Crippen LogP contribution is 2.35. The number of hydrogen-bond acceptors (Lipinski definition) is 3. The summed E-state index contributed by atoms with van der Waals surface area (Å²) in [5, 5.41) is 0. The van der Waals surface area contributed by atoms with Gasteiger partial charge in [0.1, 0.15) is 16.5 Å². The average molecular weight is 290 g/mol. The number of hydrogen-bond donors (Lipinski definition) is 1. The lowest BCUT2D eigenvalue weighted by Gasteiger charge is -2.30. The Balaban J connectivity index is 2.55. The SMILES string of the molecule is CC1(C)CCCN1S(=O)(=O)c1cc(N)c(F)cc1F. The van der Waals surface area contributed by atoms with Gasteiger partial charge < -0.3 is 5.73 Å². The molecule has 7 heteroatoms. The minimum absolute atomic E-state index is 0.325. The first-order chi connectivity index (χ1) is 8.66. The second kappa shape index (κ2) is 4.42. The van der Waals surface area contributed by atoms with Crippen molar-refractivity contribution in [1.29, 1.82) is 0 Å². The molecule has 1 aromatic carbocycles. The summed E-state index contributed by atoms with van der Waals surface area (Å²) in [4.78, 5) is -0.568. The molecule has 0 unspecified atom stereocenters. The van der Waals surface area contributed by atoms with Crippen LogP contribution in [-0.2, 0) is 10.0 Å². The van der Waals surface area contributed by atoms with E-state index >= 15 is 0 Å². The fourth-order valence-corrected chi connectivity index (χ4v) is 4.32. The highest BCUT2D eigenvalue weighted by molar-refractivity contribution is 7.89. The fraction of sp³-hybridized carbons (Fsp3) is 0.500. The van der Waals surface area contributed by atoms with Crippen LogP contribution in [0.25, 0.3) is 0 Å². The Kier molecular flexibility index (Phi) is 3.30. The molecule has 0 atom stereocenters. The lowest BCUT2D eigenvalue weighted by Crippen LogP contribution is -2.42. The first-order valence-electron chi connectivity index (χ1n) is 5.93. The molecule has 4 nitrogen and oxygen atoms in total. The van der Waals surface area contributed by atoms with Crippen molar-refractivity contribution in [3.8, 4) is 0 Å². The molecule has 2 rings (SSSR count). The Morgan fingerprint density at radius 2 is 1.89 bits per heavy atom. The maximum absolute atomic E-state index is 13.7. The summed E-state index contributed by atoms with van der Waals surface area (Å²) in [7, 11) is -4.00. The number of rotatable bonds is 2. The number of halogens is 2. The van der Waals surface area contributed by atoms with Crippen LogP contribution >= 0.6 is 0 Å². The van der Waals surface area contributed by atoms with Gasteiger partial charge in [-0.3, -0.25) is 0 Å². The van der Waals surface area contributed by atoms with Crippen LogP contribution in [0.1, 0.15) is 26.7 Å². The van der Waals surface area contributed by atoms with Gasteiger partial charge in [-0.1, -0.05) is 0 Å². The maximum atomic E-state index is 13.7. The molecule has 0 spiro atoms. The highest BCUT2D eigenvalue weighted by Gasteiger charge is 2.42. The van der Waals surface area contributed by atoms with Crippen molar-refractivity contribution < 1.29 is 17.2 Å². The van der Waals surface area contributed by atoms with E-state index in [0.717, 1.165) is 6.07 Å². The zero-order valence-electron chi connectivity index (χ0n) is 10.8. The number of benzene rings is 1. The fourth-order valence-electron chi connectivity index (χ4n) is 2.39. The smallest absolute Gasteiger partial charge is 0.246 e. The molecular formula is C12H16F2N2O2S. The van der Waals surface area contributed by atoms with E-state index in [9.17, 15) is 17.2 Å². The summed E-state index contributed by atoms with van der Waals surface area (Å²) in [5.41, 5.74) is 4.38. The van der Waals surface area contributed by atoms with E-state index in [1.165, 1.54) is 4.31 Å². The van der Waals surface area contributed by atoms with E-state index in [1.54, 1.807) is 13.8 Å². The third-order valence-corrected chi connectivity index (χ3v) is 5.57. The minimum atomic E-state index is -4.00. The van der Waals surface area contributed by atoms with Crippen LogP contribution in [0, 0.1) is 11.6 Å². The molecule has 106 valence electrons. The van der Waals surface area contributed by atoms with Crippen LogP contribution in [-0.4, -0.2) is 24.8 Å². The van der Waals surface area contributed by atoms with Crippen LogP contribution < -0.4 is 5.73 Å². The van der Waals surface area contributed by atoms with E-state index in [2.05, 4.69) is 0 Å². The number of nitrogens with two attached hydrogens (primary N) is 1. The molecule has 0 amide bonds. The van der Waals surface area contributed by atoms with Crippen molar-refractivity contribution in [3.63, 3.8) is 0 Å². The van der Waals surface area contributed by atoms with E-state index in [0.29, 0.717) is 25.5 Å². The quantitative estimate of drug-likeness (QED) is 0.848. The normalized spacial score (nSPS) is 19.8. The Labute approximate surface area is 111 Å². The summed E-state index contributed by atoms with van der Waals surface area (Å²) < 4.78 is 53.0. The predicted molar refractivity (Wildman–Crippen MR) is 68.0 cm³/mol. The highest BCUT2D eigenvalue weighted by atomic mass is 32.2. The molecule has 1 aliphatic rings. The molecule has 0 aliphatic carbocycles. The summed E-state index contributed by atoms with van der Waals surface area (Å²) >= 11 is 0. The van der Waals surface area contributed by atoms with E-state index < -0.39 is 32.1 Å². The van der Waals surface area contributed by atoms with Gasteiger partial charge in [-0.05, 0) is 32.8 Å². The van der Waals surface area contributed by atoms with Gasteiger partial charge >= 0.3 is 0 Å². The summed E-state index contributed by atoms with van der Waals surface area (Å²) in [6, 6.07) is 1.35. The Bertz CT molecular complexity index is 614. The van der Waals surface area contributed by atoms with Crippen molar-refractivity contribution >= 4 is 15.7 Å². The standard InChI is InChI=1S/C12H16F2N2O2S/c1-12(2)4-3-5-16(12)19(17,18)11-7-10(15)8(13)6-9(11)14/h6-7H,3-5,15H2,1-2H3. The van der Waals surface area contributed by atoms with Crippen LogP contribution in [0.3, 0.4) is 0 Å². The molecule has 0 aromatic heterocycles. The third kappa shape index (κ3) is 2.32. The van der Waals surface area contributed by atoms with Gasteiger partial charge in [-0.2, -0.15) is 4.31 Å². The van der Waals surface area contributed by atoms with Crippen molar-refractivity contribution in [2.45, 2.75) is 37.1 Å². The minimum Gasteiger partial charge on any atom is -0.396 e. The number of nitrogens with zero attached hydrogens (tertiary/aromatic N) is 1. The van der Waals surface area contributed by atoms with Crippen molar-refractivity contribution in [2.75, 3.05) is 12.3 Å². The van der Waals surface area contributed by atoms with Crippen LogP contribution in [0.4, 0.5) is 14.5 Å². The second-order valence-corrected chi connectivity index (χ2v) is 7.13. The molecule has 0 bridgehead atoms. The van der Waals surface area contributed by atoms with E-state index in [4.69, 9.17) is 5.73 Å². The van der Waals surface area contributed by atoms with Crippen molar-refractivity contribution in [1.82, 2.24) is 4.31 Å². The first-order valence-corrected chi connectivity index (χ1v) is 7.37. The summed E-state index contributed by atoms with van der Waals surface area (Å²) in [6.07, 6.45) is 1.41. The van der Waals surface area contributed by atoms with Crippen LogP contribution in [0.5, 0.6) is 0 Å². The first kappa shape index (κ1) is 14.2. The topological polar surface area (TPSA) is 63.4 Å². The summed E-state index contributed by atoms with van der Waals surface area (Å²) in [5.74, 6) is -2.08. The van der Waals surface area contributed by atoms with Gasteiger partial charge in [-0.25, -0.2) is 17.2 Å². The molecule has 2 N–H and O–H groups in total. The molecule has 1 fully saturated rings. The predicted octanol–water partition coefficient (Wildman–Crippen LogP) is 2.11. The van der Waals surface area contributed by atoms with Crippen molar-refractivity contribution in [3.05, 3.63) is 23.8 Å². The van der Waals surface area contributed by atoms with Gasteiger partial charge in [0.25, 0.3) is 0 Å². The molecule has 1 saturated heterocycles. The van der Waals surface area contributed by atoms with Gasteiger partial charge in [-0.15, -0.1) is 0 Å². The largest absolute Gasteiger partial charge is 0.396 e. The lowest BCUT2D eigenvalue weighted by molar-refractivity contribution is 0.290. The van der Waals surface area contributed by atoms with Gasteiger partial charge in [0, 0.05) is 18.2 Å². The average Bonchev–Trinajstić information content (AvgIpc) is 2.63. The van der Waals surface area contributed by atoms with E-state index in [-0.39, 0.29) is 5.69 Å². The van der Waals surface area contributed by atoms with Crippen molar-refractivity contribution in [2.24, 2.45) is 0 Å².